The lowest BCUT2D eigenvalue weighted by Gasteiger charge is -2.09. The maximum Gasteiger partial charge on any atom is 0.141 e. The quantitative estimate of drug-likeness (QED) is 0.386. The summed E-state index contributed by atoms with van der Waals surface area (Å²) in [6.45, 7) is 0. The van der Waals surface area contributed by atoms with Crippen molar-refractivity contribution in [2.45, 2.75) is 0 Å². The van der Waals surface area contributed by atoms with Gasteiger partial charge in [0.15, 0.2) is 0 Å². The Balaban J connectivity index is 1.48. The Bertz CT molecular complexity index is 1380. The number of halogens is 1. The molecule has 1 N–H and O–H groups in total. The molecular weight excluding hydrogens is 394 g/mol. The zero-order chi connectivity index (χ0) is 20.3. The largest absolute Gasteiger partial charge is 0.340 e. The summed E-state index contributed by atoms with van der Waals surface area (Å²) in [5, 5.41) is 6.09. The van der Waals surface area contributed by atoms with E-state index in [1.54, 1.807) is 12.4 Å². The van der Waals surface area contributed by atoms with Crippen molar-refractivity contribution < 1.29 is 0 Å². The van der Waals surface area contributed by atoms with E-state index in [1.165, 1.54) is 6.33 Å². The Morgan fingerprint density at radius 2 is 1.70 bits per heavy atom. The Labute approximate surface area is 178 Å². The molecule has 5 aromatic rings. The molecule has 2 aromatic carbocycles. The highest BCUT2D eigenvalue weighted by Crippen LogP contribution is 2.25. The van der Waals surface area contributed by atoms with Gasteiger partial charge in [0.1, 0.15) is 12.1 Å². The predicted octanol–water partition coefficient (Wildman–Crippen LogP) is 6.14. The van der Waals surface area contributed by atoms with Crippen molar-refractivity contribution in [3.63, 3.8) is 0 Å². The lowest BCUT2D eigenvalue weighted by molar-refractivity contribution is 1.20. The highest BCUT2D eigenvalue weighted by molar-refractivity contribution is 6.30. The van der Waals surface area contributed by atoms with Crippen LogP contribution >= 0.6 is 11.6 Å². The van der Waals surface area contributed by atoms with Crippen LogP contribution < -0.4 is 5.32 Å². The number of hydrogen-bond acceptors (Lipinski definition) is 5. The topological polar surface area (TPSA) is 63.6 Å². The molecule has 5 nitrogen and oxygen atoms in total. The van der Waals surface area contributed by atoms with Gasteiger partial charge in [-0.15, -0.1) is 0 Å². The number of aromatic nitrogens is 4. The van der Waals surface area contributed by atoms with Gasteiger partial charge in [-0.25, -0.2) is 9.97 Å². The minimum atomic E-state index is 0.715. The molecule has 0 unspecified atom stereocenters. The molecule has 3 aromatic heterocycles. The number of benzene rings is 2. The van der Waals surface area contributed by atoms with Gasteiger partial charge in [-0.2, -0.15) is 0 Å². The molecule has 0 spiro atoms. The van der Waals surface area contributed by atoms with Crippen molar-refractivity contribution in [3.8, 4) is 0 Å². The minimum Gasteiger partial charge on any atom is -0.340 e. The normalized spacial score (nSPS) is 11.4. The highest BCUT2D eigenvalue weighted by atomic mass is 35.5. The van der Waals surface area contributed by atoms with Crippen molar-refractivity contribution >= 4 is 57.1 Å². The van der Waals surface area contributed by atoms with Crippen molar-refractivity contribution in [2.24, 2.45) is 0 Å². The first-order chi connectivity index (χ1) is 14.7. The van der Waals surface area contributed by atoms with Crippen LogP contribution in [0.15, 0.2) is 79.4 Å². The van der Waals surface area contributed by atoms with Gasteiger partial charge in [0.2, 0.25) is 0 Å². The van der Waals surface area contributed by atoms with Gasteiger partial charge in [-0.1, -0.05) is 41.9 Å². The molecule has 0 fully saturated rings. The van der Waals surface area contributed by atoms with E-state index in [0.29, 0.717) is 5.02 Å². The maximum absolute atomic E-state index is 5.95. The van der Waals surface area contributed by atoms with Crippen molar-refractivity contribution in [2.75, 3.05) is 5.32 Å². The SMILES string of the molecule is Clc1ccc(/C=C/c2cc3c(Nc4ccc5cccnc5c4)ncnc3cn2)cc1. The number of anilines is 2. The minimum absolute atomic E-state index is 0.715. The number of nitrogens with zero attached hydrogens (tertiary/aromatic N) is 4. The van der Waals surface area contributed by atoms with E-state index in [-0.39, 0.29) is 0 Å². The van der Waals surface area contributed by atoms with Crippen LogP contribution in [0.2, 0.25) is 5.02 Å². The third-order valence-corrected chi connectivity index (χ3v) is 4.98. The molecule has 0 radical (unpaired) electrons. The molecule has 0 aliphatic rings. The molecule has 6 heteroatoms. The standard InChI is InChI=1S/C24H16ClN5/c25-18-7-3-16(4-8-18)5-9-19-12-21-23(14-27-19)28-15-29-24(21)30-20-10-6-17-2-1-11-26-22(17)13-20/h1-15H,(H,28,29,30)/b9-5+. The smallest absolute Gasteiger partial charge is 0.141 e. The highest BCUT2D eigenvalue weighted by Gasteiger charge is 2.06. The second-order valence-electron chi connectivity index (χ2n) is 6.77. The van der Waals surface area contributed by atoms with Crippen LogP contribution in [0.25, 0.3) is 34.0 Å². The summed E-state index contributed by atoms with van der Waals surface area (Å²) in [4.78, 5) is 17.7. The van der Waals surface area contributed by atoms with Crippen LogP contribution in [-0.4, -0.2) is 19.9 Å². The number of pyridine rings is 2. The summed E-state index contributed by atoms with van der Waals surface area (Å²) < 4.78 is 0. The van der Waals surface area contributed by atoms with Gasteiger partial charge in [0.25, 0.3) is 0 Å². The molecule has 0 amide bonds. The zero-order valence-corrected chi connectivity index (χ0v) is 16.6. The predicted molar refractivity (Wildman–Crippen MR) is 123 cm³/mol. The van der Waals surface area contributed by atoms with Crippen molar-refractivity contribution in [1.29, 1.82) is 0 Å². The first-order valence-corrected chi connectivity index (χ1v) is 9.79. The molecule has 144 valence electrons. The zero-order valence-electron chi connectivity index (χ0n) is 15.8. The summed E-state index contributed by atoms with van der Waals surface area (Å²) in [6, 6.07) is 19.7. The third kappa shape index (κ3) is 3.83. The van der Waals surface area contributed by atoms with Gasteiger partial charge in [-0.05, 0) is 48.0 Å². The van der Waals surface area contributed by atoms with Gasteiger partial charge in [0.05, 0.1) is 22.9 Å². The molecule has 0 saturated heterocycles. The van der Waals surface area contributed by atoms with E-state index < -0.39 is 0 Å². The van der Waals surface area contributed by atoms with E-state index in [0.717, 1.165) is 44.6 Å². The van der Waals surface area contributed by atoms with Crippen molar-refractivity contribution in [1.82, 2.24) is 19.9 Å². The van der Waals surface area contributed by atoms with Crippen LogP contribution in [0.4, 0.5) is 11.5 Å². The summed E-state index contributed by atoms with van der Waals surface area (Å²) in [7, 11) is 0. The van der Waals surface area contributed by atoms with E-state index >= 15 is 0 Å². The summed E-state index contributed by atoms with van der Waals surface area (Å²) in [6.07, 6.45) is 9.04. The van der Waals surface area contributed by atoms with Crippen LogP contribution in [0, 0.1) is 0 Å². The number of hydrogen-bond donors (Lipinski definition) is 1. The Morgan fingerprint density at radius 1 is 0.800 bits per heavy atom. The van der Waals surface area contributed by atoms with E-state index in [4.69, 9.17) is 11.6 Å². The number of rotatable bonds is 4. The van der Waals surface area contributed by atoms with Gasteiger partial charge < -0.3 is 5.32 Å². The number of fused-ring (bicyclic) bond motifs is 2. The van der Waals surface area contributed by atoms with Crippen LogP contribution in [0.1, 0.15) is 11.3 Å². The molecule has 0 bridgehead atoms. The summed E-state index contributed by atoms with van der Waals surface area (Å²) in [5.74, 6) is 0.721. The Hall–Kier alpha value is -3.83. The molecule has 0 saturated carbocycles. The van der Waals surface area contributed by atoms with Crippen molar-refractivity contribution in [3.05, 3.63) is 95.7 Å². The molecule has 5 rings (SSSR count). The van der Waals surface area contributed by atoms with Gasteiger partial charge in [0, 0.05) is 27.7 Å². The number of nitrogens with one attached hydrogen (secondary N) is 1. The second-order valence-corrected chi connectivity index (χ2v) is 7.21. The first-order valence-electron chi connectivity index (χ1n) is 9.41. The monoisotopic (exact) mass is 409 g/mol. The summed E-state index contributed by atoms with van der Waals surface area (Å²) >= 11 is 5.95. The molecule has 0 aliphatic carbocycles. The van der Waals surface area contributed by atoms with Crippen LogP contribution in [-0.2, 0) is 0 Å². The van der Waals surface area contributed by atoms with E-state index in [9.17, 15) is 0 Å². The fraction of sp³-hybridized carbons (Fsp3) is 0. The second kappa shape index (κ2) is 7.89. The average Bonchev–Trinajstić information content (AvgIpc) is 2.79. The molecule has 30 heavy (non-hydrogen) atoms. The van der Waals surface area contributed by atoms with E-state index in [2.05, 4.69) is 25.3 Å². The van der Waals surface area contributed by atoms with Crippen LogP contribution in [0.5, 0.6) is 0 Å². The lowest BCUT2D eigenvalue weighted by Crippen LogP contribution is -1.97. The molecular formula is C24H16ClN5. The van der Waals surface area contributed by atoms with Crippen LogP contribution in [0.3, 0.4) is 0 Å². The fourth-order valence-corrected chi connectivity index (χ4v) is 3.33. The van der Waals surface area contributed by atoms with E-state index in [1.807, 2.05) is 72.8 Å². The lowest BCUT2D eigenvalue weighted by atomic mass is 10.1. The summed E-state index contributed by atoms with van der Waals surface area (Å²) in [5.41, 5.74) is 4.48. The molecule has 0 atom stereocenters. The Morgan fingerprint density at radius 3 is 2.60 bits per heavy atom. The van der Waals surface area contributed by atoms with Gasteiger partial charge >= 0.3 is 0 Å². The average molecular weight is 410 g/mol. The molecule has 3 heterocycles. The maximum atomic E-state index is 5.95. The Kier molecular flexibility index (Phi) is 4.79. The van der Waals surface area contributed by atoms with Gasteiger partial charge in [-0.3, -0.25) is 9.97 Å². The first kappa shape index (κ1) is 18.2. The molecule has 0 aliphatic heterocycles. The third-order valence-electron chi connectivity index (χ3n) is 4.73. The fourth-order valence-electron chi connectivity index (χ4n) is 3.20.